The number of halogens is 2. The minimum absolute atomic E-state index is 0.0176. The van der Waals surface area contributed by atoms with Gasteiger partial charge in [-0.2, -0.15) is 0 Å². The van der Waals surface area contributed by atoms with Gasteiger partial charge >= 0.3 is 5.97 Å². The molecule has 0 spiro atoms. The van der Waals surface area contributed by atoms with Crippen molar-refractivity contribution in [1.82, 2.24) is 0 Å². The Bertz CT molecular complexity index is 367. The van der Waals surface area contributed by atoms with Crippen LogP contribution in [-0.4, -0.2) is 22.8 Å². The number of hydrogen-bond acceptors (Lipinski definition) is 2. The molecule has 0 aliphatic heterocycles. The summed E-state index contributed by atoms with van der Waals surface area (Å²) >= 11 is 12.5. The quantitative estimate of drug-likeness (QED) is 0.241. The van der Waals surface area contributed by atoms with Crippen LogP contribution in [0.5, 0.6) is 0 Å². The van der Waals surface area contributed by atoms with Crippen LogP contribution >= 0.6 is 23.2 Å². The standard InChI is InChI=1S/C17H28Cl2O2/c1-6-21-16(20)12-14(3)9-7-8-13(2)10-11-15(18)17(4,5)19/h7,9,12-13,15H,6,8,10-11H2,1-5H3/b9-7+,14-12?. The highest BCUT2D eigenvalue weighted by Crippen LogP contribution is 2.28. The summed E-state index contributed by atoms with van der Waals surface area (Å²) in [4.78, 5) is 10.9. The molecule has 0 rings (SSSR count). The summed E-state index contributed by atoms with van der Waals surface area (Å²) in [6, 6.07) is 0. The summed E-state index contributed by atoms with van der Waals surface area (Å²) in [5.74, 6) is 0.249. The van der Waals surface area contributed by atoms with E-state index in [1.54, 1.807) is 6.92 Å². The van der Waals surface area contributed by atoms with Gasteiger partial charge in [-0.1, -0.05) is 19.1 Å². The lowest BCUT2D eigenvalue weighted by atomic mass is 9.96. The van der Waals surface area contributed by atoms with Crippen LogP contribution in [0.4, 0.5) is 0 Å². The largest absolute Gasteiger partial charge is 0.463 e. The summed E-state index contributed by atoms with van der Waals surface area (Å²) in [7, 11) is 0. The first-order valence-electron chi connectivity index (χ1n) is 7.51. The van der Waals surface area contributed by atoms with Gasteiger partial charge in [-0.3, -0.25) is 0 Å². The Morgan fingerprint density at radius 2 is 1.95 bits per heavy atom. The second-order valence-corrected chi connectivity index (χ2v) is 7.49. The van der Waals surface area contributed by atoms with E-state index in [4.69, 9.17) is 27.9 Å². The van der Waals surface area contributed by atoms with Crippen molar-refractivity contribution in [2.24, 2.45) is 5.92 Å². The summed E-state index contributed by atoms with van der Waals surface area (Å²) in [6.45, 7) is 10.2. The number of alkyl halides is 2. The lowest BCUT2D eigenvalue weighted by molar-refractivity contribution is -0.137. The molecule has 0 aromatic rings. The molecule has 0 aliphatic carbocycles. The van der Waals surface area contributed by atoms with Crippen molar-refractivity contribution in [1.29, 1.82) is 0 Å². The summed E-state index contributed by atoms with van der Waals surface area (Å²) < 4.78 is 4.86. The Morgan fingerprint density at radius 3 is 2.48 bits per heavy atom. The fourth-order valence-electron chi connectivity index (χ4n) is 1.80. The highest BCUT2D eigenvalue weighted by Gasteiger charge is 2.24. The van der Waals surface area contributed by atoms with Crippen LogP contribution in [0.15, 0.2) is 23.8 Å². The van der Waals surface area contributed by atoms with Gasteiger partial charge in [-0.25, -0.2) is 4.79 Å². The van der Waals surface area contributed by atoms with Crippen molar-refractivity contribution in [2.45, 2.75) is 64.1 Å². The molecule has 0 N–H and O–H groups in total. The van der Waals surface area contributed by atoms with Crippen molar-refractivity contribution >= 4 is 29.2 Å². The molecule has 2 nitrogen and oxygen atoms in total. The number of carbonyl (C=O) groups excluding carboxylic acids is 1. The van der Waals surface area contributed by atoms with Gasteiger partial charge in [0.1, 0.15) is 0 Å². The molecule has 0 aliphatic rings. The second kappa shape index (κ2) is 10.3. The first-order chi connectivity index (χ1) is 9.66. The second-order valence-electron chi connectivity index (χ2n) is 5.99. The maximum Gasteiger partial charge on any atom is 0.330 e. The first kappa shape index (κ1) is 20.5. The van der Waals surface area contributed by atoms with E-state index in [0.717, 1.165) is 24.8 Å². The van der Waals surface area contributed by atoms with Crippen LogP contribution in [-0.2, 0) is 9.53 Å². The molecule has 122 valence electrons. The maximum atomic E-state index is 11.3. The smallest absolute Gasteiger partial charge is 0.330 e. The summed E-state index contributed by atoms with van der Waals surface area (Å²) in [5.41, 5.74) is 0.901. The maximum absolute atomic E-state index is 11.3. The monoisotopic (exact) mass is 334 g/mol. The van der Waals surface area contributed by atoms with Gasteiger partial charge in [-0.05, 0) is 58.4 Å². The number of esters is 1. The molecule has 2 unspecified atom stereocenters. The van der Waals surface area contributed by atoms with E-state index in [-0.39, 0.29) is 16.2 Å². The van der Waals surface area contributed by atoms with E-state index < -0.39 is 0 Å². The number of ether oxygens (including phenoxy) is 1. The Labute approximate surface area is 139 Å². The molecule has 0 radical (unpaired) electrons. The van der Waals surface area contributed by atoms with Gasteiger partial charge in [0, 0.05) is 6.08 Å². The Kier molecular flexibility index (Phi) is 10.1. The predicted octanol–water partition coefficient (Wildman–Crippen LogP) is 5.48. The molecule has 0 amide bonds. The molecule has 0 saturated heterocycles. The minimum Gasteiger partial charge on any atom is -0.463 e. The molecule has 2 atom stereocenters. The normalized spacial score (nSPS) is 16.0. The van der Waals surface area contributed by atoms with E-state index in [9.17, 15) is 4.79 Å². The molecule has 0 fully saturated rings. The fourth-order valence-corrected chi connectivity index (χ4v) is 2.03. The van der Waals surface area contributed by atoms with E-state index >= 15 is 0 Å². The van der Waals surface area contributed by atoms with Crippen LogP contribution in [0.1, 0.15) is 53.9 Å². The van der Waals surface area contributed by atoms with Gasteiger partial charge in [0.05, 0.1) is 16.9 Å². The van der Waals surface area contributed by atoms with Gasteiger partial charge in [0.25, 0.3) is 0 Å². The number of allylic oxidation sites excluding steroid dienone is 3. The third-order valence-corrected chi connectivity index (χ3v) is 4.35. The van der Waals surface area contributed by atoms with Gasteiger partial charge < -0.3 is 4.74 Å². The van der Waals surface area contributed by atoms with Crippen molar-refractivity contribution < 1.29 is 9.53 Å². The van der Waals surface area contributed by atoms with Crippen LogP contribution in [0.2, 0.25) is 0 Å². The average Bonchev–Trinajstić information content (AvgIpc) is 2.34. The number of rotatable bonds is 9. The topological polar surface area (TPSA) is 26.3 Å². The van der Waals surface area contributed by atoms with Crippen molar-refractivity contribution in [3.05, 3.63) is 23.8 Å². The zero-order valence-electron chi connectivity index (χ0n) is 13.8. The first-order valence-corrected chi connectivity index (χ1v) is 8.32. The SMILES string of the molecule is CCOC(=O)C=C(C)/C=C/CC(C)CCC(Cl)C(C)(C)Cl. The third-order valence-electron chi connectivity index (χ3n) is 3.21. The van der Waals surface area contributed by atoms with Gasteiger partial charge in [0.15, 0.2) is 0 Å². The highest BCUT2D eigenvalue weighted by atomic mass is 35.5. The van der Waals surface area contributed by atoms with Crippen LogP contribution in [0.25, 0.3) is 0 Å². The fraction of sp³-hybridized carbons (Fsp3) is 0.706. The Morgan fingerprint density at radius 1 is 1.33 bits per heavy atom. The molecule has 4 heteroatoms. The van der Waals surface area contributed by atoms with E-state index in [1.807, 2.05) is 26.8 Å². The van der Waals surface area contributed by atoms with Crippen molar-refractivity contribution in [3.8, 4) is 0 Å². The van der Waals surface area contributed by atoms with Gasteiger partial charge in [0.2, 0.25) is 0 Å². The molecule has 0 saturated carbocycles. The summed E-state index contributed by atoms with van der Waals surface area (Å²) in [5, 5.41) is -0.0176. The molecular weight excluding hydrogens is 307 g/mol. The van der Waals surface area contributed by atoms with Crippen molar-refractivity contribution in [2.75, 3.05) is 6.61 Å². The zero-order chi connectivity index (χ0) is 16.5. The lowest BCUT2D eigenvalue weighted by Gasteiger charge is -2.23. The Hall–Kier alpha value is -0.470. The average molecular weight is 335 g/mol. The summed E-state index contributed by atoms with van der Waals surface area (Å²) in [6.07, 6.45) is 8.46. The van der Waals surface area contributed by atoms with E-state index in [0.29, 0.717) is 12.5 Å². The van der Waals surface area contributed by atoms with Crippen LogP contribution in [0.3, 0.4) is 0 Å². The van der Waals surface area contributed by atoms with Crippen LogP contribution in [0, 0.1) is 5.92 Å². The molecule has 0 heterocycles. The van der Waals surface area contributed by atoms with E-state index in [1.165, 1.54) is 6.08 Å². The lowest BCUT2D eigenvalue weighted by Crippen LogP contribution is -2.25. The molecule has 0 aromatic carbocycles. The molecule has 0 bridgehead atoms. The molecule has 21 heavy (non-hydrogen) atoms. The minimum atomic E-state index is -0.365. The Balaban J connectivity index is 4.10. The van der Waals surface area contributed by atoms with Gasteiger partial charge in [-0.15, -0.1) is 23.2 Å². The third kappa shape index (κ3) is 10.8. The zero-order valence-corrected chi connectivity index (χ0v) is 15.3. The number of carbonyl (C=O) groups is 1. The molecular formula is C17H28Cl2O2. The molecule has 0 aromatic heterocycles. The van der Waals surface area contributed by atoms with E-state index in [2.05, 4.69) is 13.0 Å². The number of hydrogen-bond donors (Lipinski definition) is 0. The van der Waals surface area contributed by atoms with Crippen molar-refractivity contribution in [3.63, 3.8) is 0 Å². The predicted molar refractivity (Wildman–Crippen MR) is 92.1 cm³/mol. The van der Waals surface area contributed by atoms with Crippen LogP contribution < -0.4 is 0 Å². The highest BCUT2D eigenvalue weighted by molar-refractivity contribution is 6.32.